The number of amides is 1. The summed E-state index contributed by atoms with van der Waals surface area (Å²) in [4.78, 5) is 45.8. The quantitative estimate of drug-likeness (QED) is 0.331. The Morgan fingerprint density at radius 2 is 1.78 bits per heavy atom. The molecule has 4 aromatic rings. The predicted octanol–water partition coefficient (Wildman–Crippen LogP) is 2.51. The molecule has 3 N–H and O–H groups in total. The summed E-state index contributed by atoms with van der Waals surface area (Å²) >= 11 is 6.16. The summed E-state index contributed by atoms with van der Waals surface area (Å²) in [5.41, 5.74) is 6.99. The second-order valence-corrected chi connectivity index (χ2v) is 8.95. The van der Waals surface area contributed by atoms with Crippen molar-refractivity contribution in [3.63, 3.8) is 0 Å². The minimum atomic E-state index is -1.57. The standard InChI is InChI=1S/C27H24BClN4O4/c28-19-9-7-18(8-10-19)25(34)32(14-4-13-30)23(27(36)37)24-31-22-15-20(29)11-12-21(22)26(35)33(24)16-17-5-2-1-3-6-17/h1-3,5-12,15,23H,4,13-14,16,30H2,(H,36,37). The monoisotopic (exact) mass is 514 g/mol. The molecular formula is C27H24BClN4O4. The molecule has 3 aromatic carbocycles. The van der Waals surface area contributed by atoms with Crippen LogP contribution in [0.2, 0.25) is 5.02 Å². The summed E-state index contributed by atoms with van der Waals surface area (Å²) in [6.07, 6.45) is 0.340. The Bertz CT molecular complexity index is 1490. The fraction of sp³-hybridized carbons (Fsp3) is 0.185. The number of carbonyl (C=O) groups excluding carboxylic acids is 1. The Kier molecular flexibility index (Phi) is 8.06. The SMILES string of the molecule is [B]c1ccc(C(=O)N(CCCN)C(C(=O)O)c2nc3cc(Cl)ccc3c(=O)n2Cc2ccccc2)cc1. The lowest BCUT2D eigenvalue weighted by Crippen LogP contribution is -2.43. The van der Waals surface area contributed by atoms with Gasteiger partial charge in [0.15, 0.2) is 6.04 Å². The van der Waals surface area contributed by atoms with Gasteiger partial charge < -0.3 is 15.7 Å². The first-order chi connectivity index (χ1) is 17.8. The van der Waals surface area contributed by atoms with Gasteiger partial charge in [0.2, 0.25) is 0 Å². The van der Waals surface area contributed by atoms with E-state index in [0.29, 0.717) is 16.9 Å². The van der Waals surface area contributed by atoms with E-state index in [1.165, 1.54) is 27.7 Å². The van der Waals surface area contributed by atoms with Crippen LogP contribution in [0.3, 0.4) is 0 Å². The highest BCUT2D eigenvalue weighted by atomic mass is 35.5. The third kappa shape index (κ3) is 5.74. The Balaban J connectivity index is 1.94. The van der Waals surface area contributed by atoms with Crippen molar-refractivity contribution in [2.75, 3.05) is 13.1 Å². The first-order valence-corrected chi connectivity index (χ1v) is 12.0. The van der Waals surface area contributed by atoms with Crippen LogP contribution < -0.4 is 16.8 Å². The maximum absolute atomic E-state index is 13.7. The van der Waals surface area contributed by atoms with Gasteiger partial charge in [0.25, 0.3) is 11.5 Å². The van der Waals surface area contributed by atoms with Crippen LogP contribution in [0.15, 0.2) is 77.6 Å². The molecule has 0 aliphatic carbocycles. The number of aromatic nitrogens is 2. The van der Waals surface area contributed by atoms with Crippen molar-refractivity contribution in [1.29, 1.82) is 0 Å². The fourth-order valence-electron chi connectivity index (χ4n) is 4.12. The molecule has 2 radical (unpaired) electrons. The minimum Gasteiger partial charge on any atom is -0.479 e. The lowest BCUT2D eigenvalue weighted by Gasteiger charge is -2.30. The number of nitrogens with zero attached hydrogens (tertiary/aromatic N) is 3. The normalized spacial score (nSPS) is 11.8. The molecule has 1 heterocycles. The van der Waals surface area contributed by atoms with Gasteiger partial charge in [-0.25, -0.2) is 9.78 Å². The van der Waals surface area contributed by atoms with Gasteiger partial charge in [0.1, 0.15) is 13.7 Å². The number of hydrogen-bond acceptors (Lipinski definition) is 5. The summed E-state index contributed by atoms with van der Waals surface area (Å²) in [5.74, 6) is -1.97. The molecule has 0 aliphatic heterocycles. The van der Waals surface area contributed by atoms with E-state index in [1.807, 2.05) is 30.3 Å². The number of fused-ring (bicyclic) bond motifs is 1. The molecule has 0 aliphatic rings. The van der Waals surface area contributed by atoms with Crippen molar-refractivity contribution in [3.05, 3.63) is 105 Å². The van der Waals surface area contributed by atoms with E-state index in [9.17, 15) is 19.5 Å². The summed E-state index contributed by atoms with van der Waals surface area (Å²) < 4.78 is 1.30. The van der Waals surface area contributed by atoms with Crippen LogP contribution in [0, 0.1) is 0 Å². The molecule has 4 rings (SSSR count). The van der Waals surface area contributed by atoms with E-state index in [0.717, 1.165) is 5.56 Å². The summed E-state index contributed by atoms with van der Waals surface area (Å²) in [7, 11) is 5.76. The van der Waals surface area contributed by atoms with E-state index < -0.39 is 23.5 Å². The van der Waals surface area contributed by atoms with Crippen LogP contribution in [-0.4, -0.2) is 52.4 Å². The average molecular weight is 515 g/mol. The van der Waals surface area contributed by atoms with Gasteiger partial charge in [-0.3, -0.25) is 14.2 Å². The second-order valence-electron chi connectivity index (χ2n) is 8.51. The van der Waals surface area contributed by atoms with Crippen molar-refractivity contribution >= 4 is 47.7 Å². The first kappa shape index (κ1) is 26.1. The van der Waals surface area contributed by atoms with Crippen LogP contribution in [0.1, 0.15) is 34.2 Å². The lowest BCUT2D eigenvalue weighted by molar-refractivity contribution is -0.143. The van der Waals surface area contributed by atoms with Gasteiger partial charge in [-0.05, 0) is 36.7 Å². The van der Waals surface area contributed by atoms with Gasteiger partial charge in [-0.1, -0.05) is 71.7 Å². The van der Waals surface area contributed by atoms with Crippen molar-refractivity contribution in [2.24, 2.45) is 5.73 Å². The van der Waals surface area contributed by atoms with Crippen LogP contribution in [0.5, 0.6) is 0 Å². The number of carboxylic acid groups (broad SMARTS) is 1. The van der Waals surface area contributed by atoms with Gasteiger partial charge in [-0.2, -0.15) is 0 Å². The average Bonchev–Trinajstić information content (AvgIpc) is 2.88. The summed E-state index contributed by atoms with van der Waals surface area (Å²) in [6, 6.07) is 18.4. The molecule has 0 saturated heterocycles. The van der Waals surface area contributed by atoms with Gasteiger partial charge in [0.05, 0.1) is 17.4 Å². The predicted molar refractivity (Wildman–Crippen MR) is 143 cm³/mol. The molecule has 1 amide bonds. The Morgan fingerprint density at radius 1 is 1.08 bits per heavy atom. The van der Waals surface area contributed by atoms with Gasteiger partial charge in [0, 0.05) is 17.1 Å². The number of aliphatic carboxylic acids is 1. The summed E-state index contributed by atoms with van der Waals surface area (Å²) in [6.45, 7) is 0.325. The smallest absolute Gasteiger partial charge is 0.334 e. The molecular weight excluding hydrogens is 491 g/mol. The molecule has 186 valence electrons. The Labute approximate surface area is 219 Å². The lowest BCUT2D eigenvalue weighted by atomic mass is 9.95. The number of carbonyl (C=O) groups is 2. The molecule has 0 bridgehead atoms. The number of hydrogen-bond donors (Lipinski definition) is 2. The van der Waals surface area contributed by atoms with Crippen LogP contribution >= 0.6 is 11.6 Å². The molecule has 0 saturated carbocycles. The van der Waals surface area contributed by atoms with E-state index in [2.05, 4.69) is 4.98 Å². The topological polar surface area (TPSA) is 119 Å². The largest absolute Gasteiger partial charge is 0.479 e. The number of rotatable bonds is 9. The summed E-state index contributed by atoms with van der Waals surface area (Å²) in [5, 5.41) is 11.0. The Morgan fingerprint density at radius 3 is 2.43 bits per heavy atom. The number of benzene rings is 3. The molecule has 1 aromatic heterocycles. The van der Waals surface area contributed by atoms with E-state index in [-0.39, 0.29) is 41.9 Å². The van der Waals surface area contributed by atoms with E-state index in [4.69, 9.17) is 25.2 Å². The first-order valence-electron chi connectivity index (χ1n) is 11.6. The number of carboxylic acids is 1. The van der Waals surface area contributed by atoms with Crippen molar-refractivity contribution < 1.29 is 14.7 Å². The minimum absolute atomic E-state index is 0.0332. The third-order valence-corrected chi connectivity index (χ3v) is 6.18. The van der Waals surface area contributed by atoms with E-state index in [1.54, 1.807) is 24.3 Å². The highest BCUT2D eigenvalue weighted by Crippen LogP contribution is 2.25. The molecule has 1 atom stereocenters. The van der Waals surface area contributed by atoms with Crippen LogP contribution in [0.4, 0.5) is 0 Å². The number of nitrogens with two attached hydrogens (primary N) is 1. The van der Waals surface area contributed by atoms with Crippen LogP contribution in [0.25, 0.3) is 10.9 Å². The fourth-order valence-corrected chi connectivity index (χ4v) is 4.29. The molecule has 0 fully saturated rings. The Hall–Kier alpha value is -3.95. The second kappa shape index (κ2) is 11.4. The van der Waals surface area contributed by atoms with Gasteiger partial charge in [-0.15, -0.1) is 0 Å². The zero-order valence-corrected chi connectivity index (χ0v) is 20.6. The van der Waals surface area contributed by atoms with Gasteiger partial charge >= 0.3 is 5.97 Å². The zero-order valence-electron chi connectivity index (χ0n) is 19.9. The maximum atomic E-state index is 13.7. The highest BCUT2D eigenvalue weighted by molar-refractivity contribution is 6.32. The zero-order chi connectivity index (χ0) is 26.5. The molecule has 10 heteroatoms. The highest BCUT2D eigenvalue weighted by Gasteiger charge is 2.35. The molecule has 1 unspecified atom stereocenters. The number of halogens is 1. The van der Waals surface area contributed by atoms with Crippen molar-refractivity contribution in [1.82, 2.24) is 14.5 Å². The maximum Gasteiger partial charge on any atom is 0.334 e. The van der Waals surface area contributed by atoms with E-state index >= 15 is 0 Å². The molecule has 37 heavy (non-hydrogen) atoms. The van der Waals surface area contributed by atoms with Crippen molar-refractivity contribution in [3.8, 4) is 0 Å². The van der Waals surface area contributed by atoms with Crippen molar-refractivity contribution in [2.45, 2.75) is 19.0 Å². The van der Waals surface area contributed by atoms with Crippen LogP contribution in [-0.2, 0) is 11.3 Å². The third-order valence-electron chi connectivity index (χ3n) is 5.94. The molecule has 8 nitrogen and oxygen atoms in total. The molecule has 0 spiro atoms.